The zero-order valence-corrected chi connectivity index (χ0v) is 18.9. The van der Waals surface area contributed by atoms with E-state index in [2.05, 4.69) is 15.0 Å². The standard InChI is InChI=1S/C22H21F4N3O4.ClH/c1-3-31-17-8-12(5-7-16(17)32-22(25)26)21-29-18(19(33-21)11(2)27)20(30)28-10-13-4-6-14(23)9-15(13)24;/h4-9,11,22H,3,10,27H2,1-2H3,(H,28,30);1H/t11-;/m0./s1. The monoisotopic (exact) mass is 503 g/mol. The maximum absolute atomic E-state index is 13.8. The number of benzene rings is 2. The lowest BCUT2D eigenvalue weighted by molar-refractivity contribution is -0.0514. The molecule has 0 saturated carbocycles. The van der Waals surface area contributed by atoms with Gasteiger partial charge in [-0.3, -0.25) is 4.79 Å². The Morgan fingerprint density at radius 1 is 1.18 bits per heavy atom. The molecule has 184 valence electrons. The summed E-state index contributed by atoms with van der Waals surface area (Å²) in [5.74, 6) is -2.32. The van der Waals surface area contributed by atoms with Gasteiger partial charge in [0.15, 0.2) is 23.0 Å². The Balaban J connectivity index is 0.00000408. The van der Waals surface area contributed by atoms with Crippen molar-refractivity contribution >= 4 is 18.3 Å². The fraction of sp³-hybridized carbons (Fsp3) is 0.273. The van der Waals surface area contributed by atoms with E-state index in [1.807, 2.05) is 0 Å². The molecule has 0 saturated heterocycles. The highest BCUT2D eigenvalue weighted by Gasteiger charge is 2.24. The van der Waals surface area contributed by atoms with Gasteiger partial charge in [0.05, 0.1) is 12.6 Å². The van der Waals surface area contributed by atoms with Gasteiger partial charge in [0.1, 0.15) is 11.6 Å². The lowest BCUT2D eigenvalue weighted by atomic mass is 10.2. The van der Waals surface area contributed by atoms with Gasteiger partial charge in [0.2, 0.25) is 5.89 Å². The van der Waals surface area contributed by atoms with Crippen LogP contribution in [-0.4, -0.2) is 24.1 Å². The number of nitrogens with one attached hydrogen (secondary N) is 1. The molecule has 1 aromatic heterocycles. The van der Waals surface area contributed by atoms with Gasteiger partial charge < -0.3 is 24.9 Å². The van der Waals surface area contributed by atoms with Crippen LogP contribution in [0.2, 0.25) is 0 Å². The predicted molar refractivity (Wildman–Crippen MR) is 117 cm³/mol. The van der Waals surface area contributed by atoms with Crippen LogP contribution in [0, 0.1) is 11.6 Å². The lowest BCUT2D eigenvalue weighted by Crippen LogP contribution is -2.25. The summed E-state index contributed by atoms with van der Waals surface area (Å²) in [7, 11) is 0. The number of hydrogen-bond donors (Lipinski definition) is 2. The molecule has 0 radical (unpaired) electrons. The van der Waals surface area contributed by atoms with Gasteiger partial charge in [-0.25, -0.2) is 13.8 Å². The number of rotatable bonds is 9. The SMILES string of the molecule is CCOc1cc(-c2nc(C(=O)NCc3ccc(F)cc3F)c([C@H](C)N)o2)ccc1OC(F)F.Cl. The van der Waals surface area contributed by atoms with Crippen LogP contribution >= 0.6 is 12.4 Å². The van der Waals surface area contributed by atoms with Gasteiger partial charge in [0, 0.05) is 23.7 Å². The third kappa shape index (κ3) is 6.39. The minimum Gasteiger partial charge on any atom is -0.490 e. The molecule has 0 spiro atoms. The van der Waals surface area contributed by atoms with Crippen molar-refractivity contribution in [3.63, 3.8) is 0 Å². The van der Waals surface area contributed by atoms with E-state index in [1.165, 1.54) is 24.3 Å². The topological polar surface area (TPSA) is 99.6 Å². The molecule has 12 heteroatoms. The van der Waals surface area contributed by atoms with Crippen molar-refractivity contribution < 1.29 is 36.2 Å². The lowest BCUT2D eigenvalue weighted by Gasteiger charge is -2.11. The molecule has 0 bridgehead atoms. The Morgan fingerprint density at radius 2 is 1.91 bits per heavy atom. The smallest absolute Gasteiger partial charge is 0.387 e. The van der Waals surface area contributed by atoms with Crippen molar-refractivity contribution in [3.05, 3.63) is 65.1 Å². The van der Waals surface area contributed by atoms with E-state index in [-0.39, 0.29) is 60.0 Å². The first-order valence-electron chi connectivity index (χ1n) is 9.90. The van der Waals surface area contributed by atoms with Gasteiger partial charge >= 0.3 is 6.61 Å². The zero-order chi connectivity index (χ0) is 24.1. The second kappa shape index (κ2) is 11.7. The fourth-order valence-corrected chi connectivity index (χ4v) is 2.95. The second-order valence-electron chi connectivity index (χ2n) is 6.91. The number of carbonyl (C=O) groups excluding carboxylic acids is 1. The molecule has 0 aliphatic heterocycles. The summed E-state index contributed by atoms with van der Waals surface area (Å²) in [4.78, 5) is 16.9. The van der Waals surface area contributed by atoms with Crippen LogP contribution in [0.1, 0.15) is 41.7 Å². The van der Waals surface area contributed by atoms with Gasteiger partial charge in [-0.15, -0.1) is 12.4 Å². The van der Waals surface area contributed by atoms with Crippen molar-refractivity contribution in [1.29, 1.82) is 0 Å². The van der Waals surface area contributed by atoms with E-state index in [0.29, 0.717) is 11.6 Å². The number of carbonyl (C=O) groups is 1. The average molecular weight is 504 g/mol. The molecule has 3 aromatic rings. The maximum Gasteiger partial charge on any atom is 0.387 e. The summed E-state index contributed by atoms with van der Waals surface area (Å²) in [6.45, 7) is 0.173. The zero-order valence-electron chi connectivity index (χ0n) is 18.1. The van der Waals surface area contributed by atoms with Gasteiger partial charge in [0.25, 0.3) is 5.91 Å². The Bertz CT molecular complexity index is 1140. The molecule has 3 N–H and O–H groups in total. The number of hydrogen-bond acceptors (Lipinski definition) is 6. The summed E-state index contributed by atoms with van der Waals surface area (Å²) in [5.41, 5.74) is 6.17. The van der Waals surface area contributed by atoms with Gasteiger partial charge in [-0.1, -0.05) is 6.07 Å². The molecule has 0 unspecified atom stereocenters. The average Bonchev–Trinajstić information content (AvgIpc) is 3.20. The summed E-state index contributed by atoms with van der Waals surface area (Å²) in [6, 6.07) is 6.33. The summed E-state index contributed by atoms with van der Waals surface area (Å²) < 4.78 is 67.6. The van der Waals surface area contributed by atoms with Crippen molar-refractivity contribution in [2.24, 2.45) is 5.73 Å². The third-order valence-corrected chi connectivity index (χ3v) is 4.44. The molecular weight excluding hydrogens is 482 g/mol. The van der Waals surface area contributed by atoms with Crippen molar-refractivity contribution in [3.8, 4) is 23.0 Å². The molecule has 7 nitrogen and oxygen atoms in total. The van der Waals surface area contributed by atoms with Crippen molar-refractivity contribution in [2.45, 2.75) is 33.0 Å². The predicted octanol–water partition coefficient (Wildman–Crippen LogP) is 4.99. The maximum atomic E-state index is 13.8. The number of nitrogens with zero attached hydrogens (tertiary/aromatic N) is 1. The highest BCUT2D eigenvalue weighted by molar-refractivity contribution is 5.94. The Morgan fingerprint density at radius 3 is 2.53 bits per heavy atom. The number of aromatic nitrogens is 1. The Hall–Kier alpha value is -3.31. The summed E-state index contributed by atoms with van der Waals surface area (Å²) in [5, 5.41) is 2.49. The third-order valence-electron chi connectivity index (χ3n) is 4.44. The van der Waals surface area contributed by atoms with Crippen LogP contribution in [0.3, 0.4) is 0 Å². The summed E-state index contributed by atoms with van der Waals surface area (Å²) in [6.07, 6.45) is 0. The molecule has 1 heterocycles. The minimum absolute atomic E-state index is 0. The van der Waals surface area contributed by atoms with E-state index in [0.717, 1.165) is 6.07 Å². The quantitative estimate of drug-likeness (QED) is 0.399. The van der Waals surface area contributed by atoms with E-state index < -0.39 is 30.2 Å². The van der Waals surface area contributed by atoms with Gasteiger partial charge in [-0.2, -0.15) is 8.78 Å². The number of nitrogens with two attached hydrogens (primary N) is 1. The van der Waals surface area contributed by atoms with Crippen LogP contribution in [0.4, 0.5) is 17.6 Å². The number of halogens is 5. The van der Waals surface area contributed by atoms with Crippen LogP contribution in [-0.2, 0) is 6.54 Å². The van der Waals surface area contributed by atoms with Crippen molar-refractivity contribution in [1.82, 2.24) is 10.3 Å². The summed E-state index contributed by atoms with van der Waals surface area (Å²) >= 11 is 0. The number of oxazole rings is 1. The molecule has 2 aromatic carbocycles. The van der Waals surface area contributed by atoms with E-state index in [4.69, 9.17) is 14.9 Å². The largest absolute Gasteiger partial charge is 0.490 e. The minimum atomic E-state index is -3.04. The Labute approximate surface area is 198 Å². The van der Waals surface area contributed by atoms with Crippen LogP contribution in [0.5, 0.6) is 11.5 Å². The fourth-order valence-electron chi connectivity index (χ4n) is 2.95. The van der Waals surface area contributed by atoms with Crippen LogP contribution < -0.4 is 20.5 Å². The second-order valence-corrected chi connectivity index (χ2v) is 6.91. The molecule has 0 aliphatic rings. The van der Waals surface area contributed by atoms with Gasteiger partial charge in [-0.05, 0) is 38.1 Å². The molecule has 3 rings (SSSR count). The van der Waals surface area contributed by atoms with E-state index in [9.17, 15) is 22.4 Å². The molecule has 1 amide bonds. The molecule has 34 heavy (non-hydrogen) atoms. The first-order valence-corrected chi connectivity index (χ1v) is 9.90. The van der Waals surface area contributed by atoms with E-state index in [1.54, 1.807) is 13.8 Å². The number of alkyl halides is 2. The Kier molecular flexibility index (Phi) is 9.28. The number of ether oxygens (including phenoxy) is 2. The normalized spacial score (nSPS) is 11.6. The molecule has 0 fully saturated rings. The molecule has 1 atom stereocenters. The molecular formula is C22H22ClF4N3O4. The highest BCUT2D eigenvalue weighted by atomic mass is 35.5. The van der Waals surface area contributed by atoms with Crippen LogP contribution in [0.15, 0.2) is 40.8 Å². The first-order chi connectivity index (χ1) is 15.7. The first kappa shape index (κ1) is 26.9. The van der Waals surface area contributed by atoms with Crippen molar-refractivity contribution in [2.75, 3.05) is 6.61 Å². The highest BCUT2D eigenvalue weighted by Crippen LogP contribution is 2.34. The molecule has 0 aliphatic carbocycles. The number of amides is 1. The van der Waals surface area contributed by atoms with Crippen LogP contribution in [0.25, 0.3) is 11.5 Å². The van der Waals surface area contributed by atoms with E-state index >= 15 is 0 Å².